The molecule has 0 N–H and O–H groups in total. The van der Waals surface area contributed by atoms with E-state index in [1.807, 2.05) is 67.6 Å². The number of rotatable bonds is 9. The number of benzene rings is 3. The summed E-state index contributed by atoms with van der Waals surface area (Å²) in [5.74, 6) is 1.10. The van der Waals surface area contributed by atoms with Gasteiger partial charge in [0.05, 0.1) is 18.4 Å². The van der Waals surface area contributed by atoms with Crippen molar-refractivity contribution >= 4 is 34.5 Å². The molecular formula is C26H24ClNO4S. The SMILES string of the molecule is CCOc1cc(C[C@H]2SC(=O)N(Cc3ccc(Cl)cc3)C2=O)ccc1OCc1ccccc1. The average molecular weight is 482 g/mol. The molecule has 1 aliphatic rings. The van der Waals surface area contributed by atoms with Gasteiger partial charge >= 0.3 is 0 Å². The summed E-state index contributed by atoms with van der Waals surface area (Å²) in [6.07, 6.45) is 0.436. The molecule has 1 atom stereocenters. The zero-order valence-electron chi connectivity index (χ0n) is 18.2. The van der Waals surface area contributed by atoms with E-state index in [1.54, 1.807) is 12.1 Å². The summed E-state index contributed by atoms with van der Waals surface area (Å²) < 4.78 is 11.7. The van der Waals surface area contributed by atoms with Crippen LogP contribution in [0.3, 0.4) is 0 Å². The van der Waals surface area contributed by atoms with Crippen LogP contribution in [0.4, 0.5) is 4.79 Å². The van der Waals surface area contributed by atoms with Gasteiger partial charge in [-0.3, -0.25) is 14.5 Å². The second-order valence-corrected chi connectivity index (χ2v) is 9.21. The number of amides is 2. The molecule has 170 valence electrons. The van der Waals surface area contributed by atoms with E-state index in [9.17, 15) is 9.59 Å². The highest BCUT2D eigenvalue weighted by Crippen LogP contribution is 2.34. The topological polar surface area (TPSA) is 55.8 Å². The molecule has 0 aromatic heterocycles. The first-order valence-corrected chi connectivity index (χ1v) is 12.0. The number of nitrogens with zero attached hydrogens (tertiary/aromatic N) is 1. The number of imide groups is 1. The Balaban J connectivity index is 1.43. The predicted octanol–water partition coefficient (Wildman–Crippen LogP) is 6.12. The molecule has 33 heavy (non-hydrogen) atoms. The summed E-state index contributed by atoms with van der Waals surface area (Å²) in [5.41, 5.74) is 2.84. The van der Waals surface area contributed by atoms with Crippen LogP contribution < -0.4 is 9.47 Å². The summed E-state index contributed by atoms with van der Waals surface area (Å²) in [4.78, 5) is 26.7. The van der Waals surface area contributed by atoms with Crippen molar-refractivity contribution in [2.75, 3.05) is 6.61 Å². The van der Waals surface area contributed by atoms with Crippen molar-refractivity contribution in [3.63, 3.8) is 0 Å². The minimum Gasteiger partial charge on any atom is -0.490 e. The van der Waals surface area contributed by atoms with Gasteiger partial charge < -0.3 is 9.47 Å². The van der Waals surface area contributed by atoms with Crippen molar-refractivity contribution in [3.05, 3.63) is 94.5 Å². The molecule has 0 saturated carbocycles. The molecule has 0 aliphatic carbocycles. The van der Waals surface area contributed by atoms with Crippen LogP contribution in [-0.4, -0.2) is 27.9 Å². The smallest absolute Gasteiger partial charge is 0.289 e. The van der Waals surface area contributed by atoms with Gasteiger partial charge in [-0.15, -0.1) is 0 Å². The lowest BCUT2D eigenvalue weighted by Gasteiger charge is -2.15. The Bertz CT molecular complexity index is 1120. The highest BCUT2D eigenvalue weighted by molar-refractivity contribution is 8.15. The molecule has 1 heterocycles. The predicted molar refractivity (Wildman–Crippen MR) is 131 cm³/mol. The Kier molecular flexibility index (Phi) is 7.57. The van der Waals surface area contributed by atoms with Gasteiger partial charge in [0, 0.05) is 5.02 Å². The standard InChI is InChI=1S/C26H24ClNO4S/c1-2-31-23-14-20(10-13-22(23)32-17-19-6-4-3-5-7-19)15-24-25(29)28(26(30)33-24)16-18-8-11-21(27)12-9-18/h3-14,24H,2,15-17H2,1H3/t24-/m1/s1. The minimum absolute atomic E-state index is 0.178. The van der Waals surface area contributed by atoms with Gasteiger partial charge in [-0.2, -0.15) is 0 Å². The van der Waals surface area contributed by atoms with Crippen LogP contribution >= 0.6 is 23.4 Å². The molecule has 3 aromatic carbocycles. The quantitative estimate of drug-likeness (QED) is 0.368. The third-order valence-corrected chi connectivity index (χ3v) is 6.55. The number of halogens is 1. The monoisotopic (exact) mass is 481 g/mol. The summed E-state index contributed by atoms with van der Waals surface area (Å²) in [7, 11) is 0. The second kappa shape index (κ2) is 10.8. The van der Waals surface area contributed by atoms with E-state index in [0.717, 1.165) is 28.5 Å². The van der Waals surface area contributed by atoms with Gasteiger partial charge in [0.1, 0.15) is 6.61 Å². The van der Waals surface area contributed by atoms with Gasteiger partial charge in [-0.1, -0.05) is 71.9 Å². The lowest BCUT2D eigenvalue weighted by atomic mass is 10.1. The fourth-order valence-electron chi connectivity index (χ4n) is 3.56. The van der Waals surface area contributed by atoms with Gasteiger partial charge in [-0.25, -0.2) is 0 Å². The highest BCUT2D eigenvalue weighted by atomic mass is 35.5. The molecule has 4 rings (SSSR count). The lowest BCUT2D eigenvalue weighted by molar-refractivity contribution is -0.127. The minimum atomic E-state index is -0.463. The Labute approximate surface area is 202 Å². The third kappa shape index (κ3) is 5.89. The molecule has 0 spiro atoms. The van der Waals surface area contributed by atoms with E-state index in [4.69, 9.17) is 21.1 Å². The zero-order chi connectivity index (χ0) is 23.2. The molecule has 3 aromatic rings. The van der Waals surface area contributed by atoms with Crippen molar-refractivity contribution < 1.29 is 19.1 Å². The van der Waals surface area contributed by atoms with E-state index in [1.165, 1.54) is 4.90 Å². The van der Waals surface area contributed by atoms with Crippen LogP contribution in [0.15, 0.2) is 72.8 Å². The Morgan fingerprint density at radius 1 is 0.879 bits per heavy atom. The molecule has 7 heteroatoms. The van der Waals surface area contributed by atoms with E-state index >= 15 is 0 Å². The first-order chi connectivity index (χ1) is 16.0. The largest absolute Gasteiger partial charge is 0.490 e. The number of hydrogen-bond acceptors (Lipinski definition) is 5. The number of thioether (sulfide) groups is 1. The van der Waals surface area contributed by atoms with Gasteiger partial charge in [0.25, 0.3) is 5.24 Å². The van der Waals surface area contributed by atoms with Gasteiger partial charge in [0.15, 0.2) is 11.5 Å². The maximum Gasteiger partial charge on any atom is 0.289 e. The first kappa shape index (κ1) is 23.2. The number of carbonyl (C=O) groups excluding carboxylic acids is 2. The van der Waals surface area contributed by atoms with Crippen molar-refractivity contribution in [1.82, 2.24) is 4.90 Å². The van der Waals surface area contributed by atoms with Crippen molar-refractivity contribution in [2.24, 2.45) is 0 Å². The number of hydrogen-bond donors (Lipinski definition) is 0. The van der Waals surface area contributed by atoms with Crippen LogP contribution in [0.2, 0.25) is 5.02 Å². The maximum atomic E-state index is 12.9. The van der Waals surface area contributed by atoms with Crippen LogP contribution in [-0.2, 0) is 24.4 Å². The number of ether oxygens (including phenoxy) is 2. The summed E-state index contributed by atoms with van der Waals surface area (Å²) >= 11 is 6.99. The first-order valence-electron chi connectivity index (χ1n) is 10.7. The van der Waals surface area contributed by atoms with E-state index in [0.29, 0.717) is 36.2 Å². The van der Waals surface area contributed by atoms with Crippen LogP contribution in [0.1, 0.15) is 23.6 Å². The zero-order valence-corrected chi connectivity index (χ0v) is 19.8. The van der Waals surface area contributed by atoms with Crippen LogP contribution in [0.25, 0.3) is 0 Å². The molecule has 2 amide bonds. The third-order valence-electron chi connectivity index (χ3n) is 5.23. The molecular weight excluding hydrogens is 458 g/mol. The summed E-state index contributed by atoms with van der Waals surface area (Å²) in [6.45, 7) is 3.09. The second-order valence-electron chi connectivity index (χ2n) is 7.62. The fourth-order valence-corrected chi connectivity index (χ4v) is 4.71. The van der Waals surface area contributed by atoms with E-state index in [-0.39, 0.29) is 17.7 Å². The molecule has 1 saturated heterocycles. The van der Waals surface area contributed by atoms with Crippen LogP contribution in [0.5, 0.6) is 11.5 Å². The lowest BCUT2D eigenvalue weighted by Crippen LogP contribution is -2.31. The average Bonchev–Trinajstić information content (AvgIpc) is 3.08. The Morgan fingerprint density at radius 3 is 2.33 bits per heavy atom. The van der Waals surface area contributed by atoms with Gasteiger partial charge in [-0.05, 0) is 54.3 Å². The Morgan fingerprint density at radius 2 is 1.61 bits per heavy atom. The maximum absolute atomic E-state index is 12.9. The highest BCUT2D eigenvalue weighted by Gasteiger charge is 2.39. The molecule has 5 nitrogen and oxygen atoms in total. The summed E-state index contributed by atoms with van der Waals surface area (Å²) in [5, 5.41) is -0.0745. The molecule has 1 aliphatic heterocycles. The molecule has 1 fully saturated rings. The van der Waals surface area contributed by atoms with Gasteiger partial charge in [0.2, 0.25) is 5.91 Å². The Hall–Kier alpha value is -2.96. The van der Waals surface area contributed by atoms with E-state index < -0.39 is 5.25 Å². The van der Waals surface area contributed by atoms with Crippen molar-refractivity contribution in [2.45, 2.75) is 31.7 Å². The van der Waals surface area contributed by atoms with Crippen molar-refractivity contribution in [3.8, 4) is 11.5 Å². The number of carbonyl (C=O) groups is 2. The molecule has 0 bridgehead atoms. The van der Waals surface area contributed by atoms with Crippen LogP contribution in [0, 0.1) is 0 Å². The molecule has 0 unspecified atom stereocenters. The van der Waals surface area contributed by atoms with E-state index in [2.05, 4.69) is 0 Å². The summed E-state index contributed by atoms with van der Waals surface area (Å²) in [6, 6.07) is 22.7. The molecule has 0 radical (unpaired) electrons. The van der Waals surface area contributed by atoms with Crippen molar-refractivity contribution in [1.29, 1.82) is 0 Å². The normalized spacial score (nSPS) is 15.7. The fraction of sp³-hybridized carbons (Fsp3) is 0.231.